The van der Waals surface area contributed by atoms with E-state index in [1.807, 2.05) is 0 Å². The third-order valence-corrected chi connectivity index (χ3v) is 1.96. The molecule has 0 saturated carbocycles. The maximum absolute atomic E-state index is 11.1. The standard InChI is InChI=1S/C9H10N2O4.BrH/c1-5(12)6-3-4-7(11(13)14)9(15-2)8(6)10;/h3-4H,10H2,1-2H3;1H. The Morgan fingerprint density at radius 1 is 1.50 bits per heavy atom. The molecule has 0 unspecified atom stereocenters. The third-order valence-electron chi connectivity index (χ3n) is 1.96. The third kappa shape index (κ3) is 2.48. The fourth-order valence-corrected chi connectivity index (χ4v) is 1.25. The summed E-state index contributed by atoms with van der Waals surface area (Å²) in [5.41, 5.74) is 5.55. The lowest BCUT2D eigenvalue weighted by Gasteiger charge is -2.07. The van der Waals surface area contributed by atoms with Gasteiger partial charge in [0.15, 0.2) is 5.78 Å². The van der Waals surface area contributed by atoms with E-state index in [9.17, 15) is 14.9 Å². The Morgan fingerprint density at radius 2 is 2.06 bits per heavy atom. The van der Waals surface area contributed by atoms with Crippen LogP contribution in [0.1, 0.15) is 17.3 Å². The van der Waals surface area contributed by atoms with E-state index in [0.717, 1.165) is 0 Å². The van der Waals surface area contributed by atoms with Crippen molar-refractivity contribution in [2.45, 2.75) is 6.92 Å². The van der Waals surface area contributed by atoms with Crippen LogP contribution in [0.3, 0.4) is 0 Å². The predicted octanol–water partition coefficient (Wildman–Crippen LogP) is 1.97. The Bertz CT molecular complexity index is 434. The second-order valence-electron chi connectivity index (χ2n) is 2.89. The van der Waals surface area contributed by atoms with Gasteiger partial charge >= 0.3 is 5.69 Å². The number of carbonyl (C=O) groups excluding carboxylic acids is 1. The number of anilines is 1. The molecule has 16 heavy (non-hydrogen) atoms. The number of halogens is 1. The Balaban J connectivity index is 0.00000225. The molecule has 0 aliphatic rings. The molecule has 1 aromatic rings. The van der Waals surface area contributed by atoms with E-state index in [1.54, 1.807) is 0 Å². The number of ether oxygens (including phenoxy) is 1. The molecule has 0 fully saturated rings. The highest BCUT2D eigenvalue weighted by molar-refractivity contribution is 8.93. The molecule has 0 spiro atoms. The number of ketones is 1. The molecule has 0 atom stereocenters. The summed E-state index contributed by atoms with van der Waals surface area (Å²) in [6.45, 7) is 1.33. The summed E-state index contributed by atoms with van der Waals surface area (Å²) in [5, 5.41) is 10.6. The van der Waals surface area contributed by atoms with Gasteiger partial charge in [-0.05, 0) is 13.0 Å². The van der Waals surface area contributed by atoms with E-state index in [0.29, 0.717) is 0 Å². The van der Waals surface area contributed by atoms with Gasteiger partial charge in [0.2, 0.25) is 5.75 Å². The van der Waals surface area contributed by atoms with Crippen LogP contribution >= 0.6 is 17.0 Å². The van der Waals surface area contributed by atoms with Crippen LogP contribution < -0.4 is 10.5 Å². The summed E-state index contributed by atoms with van der Waals surface area (Å²) in [6.07, 6.45) is 0. The number of nitro benzene ring substituents is 1. The van der Waals surface area contributed by atoms with E-state index in [2.05, 4.69) is 0 Å². The molecule has 2 N–H and O–H groups in total. The summed E-state index contributed by atoms with van der Waals surface area (Å²) >= 11 is 0. The van der Waals surface area contributed by atoms with E-state index in [-0.39, 0.29) is 45.5 Å². The number of nitrogen functional groups attached to an aromatic ring is 1. The van der Waals surface area contributed by atoms with Crippen LogP contribution in [0.4, 0.5) is 11.4 Å². The predicted molar refractivity (Wildman–Crippen MR) is 64.4 cm³/mol. The van der Waals surface area contributed by atoms with Crippen molar-refractivity contribution in [1.29, 1.82) is 0 Å². The summed E-state index contributed by atoms with van der Waals surface area (Å²) in [4.78, 5) is 21.1. The average Bonchev–Trinajstić information content (AvgIpc) is 2.16. The molecule has 88 valence electrons. The van der Waals surface area contributed by atoms with Crippen LogP contribution in [-0.4, -0.2) is 17.8 Å². The van der Waals surface area contributed by atoms with E-state index in [4.69, 9.17) is 10.5 Å². The van der Waals surface area contributed by atoms with Crippen molar-refractivity contribution in [2.75, 3.05) is 12.8 Å². The summed E-state index contributed by atoms with van der Waals surface area (Å²) in [7, 11) is 1.27. The second kappa shape index (κ2) is 5.45. The van der Waals surface area contributed by atoms with Gasteiger partial charge in [-0.15, -0.1) is 17.0 Å². The minimum atomic E-state index is -0.612. The molecule has 6 nitrogen and oxygen atoms in total. The van der Waals surface area contributed by atoms with Crippen LogP contribution in [-0.2, 0) is 0 Å². The summed E-state index contributed by atoms with van der Waals surface area (Å²) < 4.78 is 4.81. The topological polar surface area (TPSA) is 95.5 Å². The molecule has 0 heterocycles. The highest BCUT2D eigenvalue weighted by Crippen LogP contribution is 2.35. The molecule has 0 saturated heterocycles. The van der Waals surface area contributed by atoms with Gasteiger partial charge in [0.05, 0.1) is 17.7 Å². The summed E-state index contributed by atoms with van der Waals surface area (Å²) in [5.74, 6) is -0.339. The minimum Gasteiger partial charge on any atom is -0.489 e. The lowest BCUT2D eigenvalue weighted by molar-refractivity contribution is -0.385. The van der Waals surface area contributed by atoms with Gasteiger partial charge in [0, 0.05) is 11.6 Å². The molecule has 1 rings (SSSR count). The number of benzene rings is 1. The van der Waals surface area contributed by atoms with Crippen molar-refractivity contribution in [2.24, 2.45) is 0 Å². The van der Waals surface area contributed by atoms with Crippen LogP contribution in [0.5, 0.6) is 5.75 Å². The molecule has 0 aliphatic carbocycles. The van der Waals surface area contributed by atoms with E-state index < -0.39 is 4.92 Å². The first-order chi connectivity index (χ1) is 6.99. The van der Waals surface area contributed by atoms with Crippen molar-refractivity contribution >= 4 is 34.1 Å². The average molecular weight is 291 g/mol. The van der Waals surface area contributed by atoms with Gasteiger partial charge in [-0.25, -0.2) is 0 Å². The number of nitro groups is 1. The first kappa shape index (κ1) is 14.4. The maximum Gasteiger partial charge on any atom is 0.313 e. The lowest BCUT2D eigenvalue weighted by atomic mass is 10.1. The number of hydrogen-bond acceptors (Lipinski definition) is 5. The minimum absolute atomic E-state index is 0. The molecule has 0 aliphatic heterocycles. The molecule has 0 amide bonds. The van der Waals surface area contributed by atoms with Gasteiger partial charge in [-0.3, -0.25) is 14.9 Å². The quantitative estimate of drug-likeness (QED) is 0.397. The van der Waals surface area contributed by atoms with Crippen molar-refractivity contribution in [3.63, 3.8) is 0 Å². The molecular formula is C9H11BrN2O4. The van der Waals surface area contributed by atoms with Crippen LogP contribution in [0.2, 0.25) is 0 Å². The smallest absolute Gasteiger partial charge is 0.313 e. The van der Waals surface area contributed by atoms with Crippen molar-refractivity contribution in [3.05, 3.63) is 27.8 Å². The number of hydrogen-bond donors (Lipinski definition) is 1. The number of Topliss-reactive ketones (excluding diaryl/α,β-unsaturated/α-hetero) is 1. The Labute approximate surface area is 102 Å². The maximum atomic E-state index is 11.1. The van der Waals surface area contributed by atoms with Crippen LogP contribution in [0, 0.1) is 10.1 Å². The lowest BCUT2D eigenvalue weighted by Crippen LogP contribution is -2.04. The normalized spacial score (nSPS) is 9.12. The Hall–Kier alpha value is -1.63. The fourth-order valence-electron chi connectivity index (χ4n) is 1.25. The fraction of sp³-hybridized carbons (Fsp3) is 0.222. The largest absolute Gasteiger partial charge is 0.489 e. The molecule has 1 aromatic carbocycles. The van der Waals surface area contributed by atoms with Gasteiger partial charge in [0.1, 0.15) is 0 Å². The van der Waals surface area contributed by atoms with Gasteiger partial charge in [-0.2, -0.15) is 0 Å². The highest BCUT2D eigenvalue weighted by atomic mass is 79.9. The zero-order valence-corrected chi connectivity index (χ0v) is 10.4. The zero-order chi connectivity index (χ0) is 11.6. The molecule has 0 bridgehead atoms. The van der Waals surface area contributed by atoms with E-state index >= 15 is 0 Å². The molecule has 0 radical (unpaired) electrons. The second-order valence-corrected chi connectivity index (χ2v) is 2.89. The van der Waals surface area contributed by atoms with Crippen LogP contribution in [0.25, 0.3) is 0 Å². The highest BCUT2D eigenvalue weighted by Gasteiger charge is 2.21. The molecule has 7 heteroatoms. The van der Waals surface area contributed by atoms with Crippen molar-refractivity contribution in [3.8, 4) is 5.75 Å². The number of methoxy groups -OCH3 is 1. The van der Waals surface area contributed by atoms with Crippen molar-refractivity contribution < 1.29 is 14.5 Å². The number of carbonyl (C=O) groups is 1. The Kier molecular flexibility index (Phi) is 4.90. The zero-order valence-electron chi connectivity index (χ0n) is 8.72. The monoisotopic (exact) mass is 290 g/mol. The summed E-state index contributed by atoms with van der Waals surface area (Å²) in [6, 6.07) is 2.52. The number of rotatable bonds is 3. The first-order valence-electron chi connectivity index (χ1n) is 4.10. The van der Waals surface area contributed by atoms with E-state index in [1.165, 1.54) is 26.2 Å². The van der Waals surface area contributed by atoms with Gasteiger partial charge < -0.3 is 10.5 Å². The van der Waals surface area contributed by atoms with Gasteiger partial charge in [0.25, 0.3) is 0 Å². The van der Waals surface area contributed by atoms with Gasteiger partial charge in [-0.1, -0.05) is 0 Å². The van der Waals surface area contributed by atoms with Crippen molar-refractivity contribution in [1.82, 2.24) is 0 Å². The van der Waals surface area contributed by atoms with Crippen LogP contribution in [0.15, 0.2) is 12.1 Å². The molecule has 0 aromatic heterocycles. The first-order valence-corrected chi connectivity index (χ1v) is 4.10. The number of nitrogens with two attached hydrogens (primary N) is 1. The number of nitrogens with zero attached hydrogens (tertiary/aromatic N) is 1. The Morgan fingerprint density at radius 3 is 2.44 bits per heavy atom. The SMILES string of the molecule is Br.COc1c([N+](=O)[O-])ccc(C(C)=O)c1N. The molecular weight excluding hydrogens is 280 g/mol.